The third-order valence-corrected chi connectivity index (χ3v) is 3.68. The van der Waals surface area contributed by atoms with E-state index in [9.17, 15) is 4.79 Å². The summed E-state index contributed by atoms with van der Waals surface area (Å²) in [6, 6.07) is 17.8. The number of hydrogen-bond acceptors (Lipinski definition) is 2. The standard InChI is InChI=1S/C16H10INO/c17-16(19)12-6-7-15-14(10-12)13(8-9-18-15)11-4-2-1-3-5-11/h1-10H. The van der Waals surface area contributed by atoms with Crippen molar-refractivity contribution >= 4 is 37.3 Å². The van der Waals surface area contributed by atoms with Crippen molar-refractivity contribution in [3.05, 3.63) is 66.4 Å². The summed E-state index contributed by atoms with van der Waals surface area (Å²) in [6.45, 7) is 0. The number of hydrogen-bond donors (Lipinski definition) is 0. The predicted molar refractivity (Wildman–Crippen MR) is 85.5 cm³/mol. The molecule has 19 heavy (non-hydrogen) atoms. The first kappa shape index (κ1) is 12.3. The fourth-order valence-electron chi connectivity index (χ4n) is 2.14. The van der Waals surface area contributed by atoms with Crippen LogP contribution in [0.2, 0.25) is 0 Å². The monoisotopic (exact) mass is 359 g/mol. The van der Waals surface area contributed by atoms with E-state index in [1.807, 2.05) is 65.1 Å². The molecule has 92 valence electrons. The number of aromatic nitrogens is 1. The van der Waals surface area contributed by atoms with Crippen LogP contribution in [0.5, 0.6) is 0 Å². The first-order valence-corrected chi connectivity index (χ1v) is 6.97. The molecule has 0 unspecified atom stereocenters. The van der Waals surface area contributed by atoms with Crippen molar-refractivity contribution in [2.75, 3.05) is 0 Å². The molecule has 3 aromatic rings. The van der Waals surface area contributed by atoms with Gasteiger partial charge in [-0.3, -0.25) is 9.78 Å². The van der Waals surface area contributed by atoms with E-state index >= 15 is 0 Å². The highest BCUT2D eigenvalue weighted by Gasteiger charge is 2.07. The number of benzene rings is 2. The average Bonchev–Trinajstić information content (AvgIpc) is 2.47. The van der Waals surface area contributed by atoms with Gasteiger partial charge in [0, 0.05) is 39.7 Å². The molecule has 0 bridgehead atoms. The Balaban J connectivity index is 2.30. The second-order valence-electron chi connectivity index (χ2n) is 4.23. The van der Waals surface area contributed by atoms with Crippen LogP contribution < -0.4 is 0 Å². The van der Waals surface area contributed by atoms with Gasteiger partial charge in [0.25, 0.3) is 0 Å². The number of halogens is 1. The molecular weight excluding hydrogens is 349 g/mol. The molecule has 0 radical (unpaired) electrons. The molecule has 1 heterocycles. The fourth-order valence-corrected chi connectivity index (χ4v) is 2.47. The number of nitrogens with zero attached hydrogens (tertiary/aromatic N) is 1. The normalized spacial score (nSPS) is 10.6. The quantitative estimate of drug-likeness (QED) is 0.499. The van der Waals surface area contributed by atoms with Gasteiger partial charge in [-0.25, -0.2) is 0 Å². The zero-order valence-corrected chi connectivity index (χ0v) is 12.2. The SMILES string of the molecule is O=C(I)c1ccc2nccc(-c3ccccc3)c2c1. The van der Waals surface area contributed by atoms with E-state index in [-0.39, 0.29) is 3.79 Å². The number of rotatable bonds is 2. The summed E-state index contributed by atoms with van der Waals surface area (Å²) in [5.74, 6) is 0. The molecule has 1 aromatic heterocycles. The molecule has 2 aromatic carbocycles. The van der Waals surface area contributed by atoms with Crippen molar-refractivity contribution in [3.8, 4) is 11.1 Å². The lowest BCUT2D eigenvalue weighted by Crippen LogP contribution is -1.90. The topological polar surface area (TPSA) is 30.0 Å². The Morgan fingerprint density at radius 3 is 2.53 bits per heavy atom. The lowest BCUT2D eigenvalue weighted by molar-refractivity contribution is 0.110. The number of carbonyl (C=O) groups excluding carboxylic acids is 1. The molecule has 0 saturated carbocycles. The molecule has 0 aliphatic carbocycles. The van der Waals surface area contributed by atoms with Crippen LogP contribution >= 0.6 is 22.6 Å². The molecule has 0 spiro atoms. The molecule has 3 heteroatoms. The first-order chi connectivity index (χ1) is 9.25. The Kier molecular flexibility index (Phi) is 3.29. The summed E-state index contributed by atoms with van der Waals surface area (Å²) in [4.78, 5) is 15.9. The van der Waals surface area contributed by atoms with Crippen LogP contribution in [0.3, 0.4) is 0 Å². The molecule has 0 aliphatic heterocycles. The second-order valence-corrected chi connectivity index (χ2v) is 5.21. The summed E-state index contributed by atoms with van der Waals surface area (Å²) in [5.41, 5.74) is 3.85. The van der Waals surface area contributed by atoms with Gasteiger partial charge >= 0.3 is 0 Å². The number of pyridine rings is 1. The Morgan fingerprint density at radius 2 is 1.79 bits per heavy atom. The third kappa shape index (κ3) is 2.38. The average molecular weight is 359 g/mol. The Morgan fingerprint density at radius 1 is 1.00 bits per heavy atom. The van der Waals surface area contributed by atoms with E-state index in [0.717, 1.165) is 22.0 Å². The molecular formula is C16H10INO. The summed E-state index contributed by atoms with van der Waals surface area (Å²) in [7, 11) is 0. The minimum Gasteiger partial charge on any atom is -0.282 e. The highest BCUT2D eigenvalue weighted by molar-refractivity contribution is 14.1. The van der Waals surface area contributed by atoms with Crippen LogP contribution in [0.15, 0.2) is 60.8 Å². The van der Waals surface area contributed by atoms with E-state index in [0.29, 0.717) is 5.56 Å². The first-order valence-electron chi connectivity index (χ1n) is 5.90. The van der Waals surface area contributed by atoms with Crippen LogP contribution in [0.25, 0.3) is 22.0 Å². The summed E-state index contributed by atoms with van der Waals surface area (Å²) in [6.07, 6.45) is 1.80. The highest BCUT2D eigenvalue weighted by atomic mass is 127. The maximum absolute atomic E-state index is 11.5. The smallest absolute Gasteiger partial charge is 0.222 e. The van der Waals surface area contributed by atoms with E-state index in [1.165, 1.54) is 0 Å². The fraction of sp³-hybridized carbons (Fsp3) is 0. The molecule has 2 nitrogen and oxygen atoms in total. The Labute approximate surface area is 124 Å². The lowest BCUT2D eigenvalue weighted by Gasteiger charge is -2.07. The van der Waals surface area contributed by atoms with Crippen LogP contribution in [0, 0.1) is 0 Å². The minimum absolute atomic E-state index is 0.0439. The van der Waals surface area contributed by atoms with Crippen molar-refractivity contribution in [2.24, 2.45) is 0 Å². The lowest BCUT2D eigenvalue weighted by atomic mass is 10.0. The van der Waals surface area contributed by atoms with Crippen LogP contribution in [-0.4, -0.2) is 8.77 Å². The molecule has 0 fully saturated rings. The van der Waals surface area contributed by atoms with Gasteiger partial charge in [0.1, 0.15) is 0 Å². The van der Waals surface area contributed by atoms with Gasteiger partial charge in [0.05, 0.1) is 5.52 Å². The maximum atomic E-state index is 11.5. The second kappa shape index (κ2) is 5.09. The van der Waals surface area contributed by atoms with Crippen LogP contribution in [0.4, 0.5) is 0 Å². The molecule has 0 amide bonds. The molecule has 3 rings (SSSR count). The van der Waals surface area contributed by atoms with Gasteiger partial charge in [-0.05, 0) is 35.4 Å². The van der Waals surface area contributed by atoms with E-state index in [2.05, 4.69) is 17.1 Å². The number of fused-ring (bicyclic) bond motifs is 1. The van der Waals surface area contributed by atoms with E-state index in [1.54, 1.807) is 6.20 Å². The third-order valence-electron chi connectivity index (χ3n) is 3.05. The predicted octanol–water partition coefficient (Wildman–Crippen LogP) is 4.48. The van der Waals surface area contributed by atoms with Crippen LogP contribution in [-0.2, 0) is 0 Å². The van der Waals surface area contributed by atoms with Gasteiger partial charge in [0.15, 0.2) is 0 Å². The van der Waals surface area contributed by atoms with Crippen molar-refractivity contribution in [2.45, 2.75) is 0 Å². The zero-order chi connectivity index (χ0) is 13.2. The van der Waals surface area contributed by atoms with Gasteiger partial charge in [-0.15, -0.1) is 0 Å². The summed E-state index contributed by atoms with van der Waals surface area (Å²) < 4.78 is 0.0439. The van der Waals surface area contributed by atoms with Crippen molar-refractivity contribution in [3.63, 3.8) is 0 Å². The summed E-state index contributed by atoms with van der Waals surface area (Å²) >= 11 is 1.81. The highest BCUT2D eigenvalue weighted by Crippen LogP contribution is 2.28. The van der Waals surface area contributed by atoms with Gasteiger partial charge in [0.2, 0.25) is 3.79 Å². The molecule has 0 N–H and O–H groups in total. The van der Waals surface area contributed by atoms with Crippen molar-refractivity contribution in [1.82, 2.24) is 4.98 Å². The molecule has 0 atom stereocenters. The van der Waals surface area contributed by atoms with Gasteiger partial charge in [-0.2, -0.15) is 0 Å². The van der Waals surface area contributed by atoms with Gasteiger partial charge in [-0.1, -0.05) is 30.3 Å². The maximum Gasteiger partial charge on any atom is 0.222 e. The zero-order valence-electron chi connectivity index (χ0n) is 10.0. The van der Waals surface area contributed by atoms with Crippen molar-refractivity contribution in [1.29, 1.82) is 0 Å². The molecule has 0 aliphatic rings. The van der Waals surface area contributed by atoms with E-state index < -0.39 is 0 Å². The largest absolute Gasteiger partial charge is 0.282 e. The van der Waals surface area contributed by atoms with Crippen LogP contribution in [0.1, 0.15) is 10.4 Å². The number of carbonyl (C=O) groups is 1. The summed E-state index contributed by atoms with van der Waals surface area (Å²) in [5, 5.41) is 1.01. The van der Waals surface area contributed by atoms with Gasteiger partial charge < -0.3 is 0 Å². The van der Waals surface area contributed by atoms with Crippen molar-refractivity contribution < 1.29 is 4.79 Å². The Hall–Kier alpha value is -1.75. The molecule has 0 saturated heterocycles. The Bertz CT molecular complexity index is 753. The van der Waals surface area contributed by atoms with E-state index in [4.69, 9.17) is 0 Å². The minimum atomic E-state index is 0.0439.